The summed E-state index contributed by atoms with van der Waals surface area (Å²) in [6.07, 6.45) is 0.883. The number of benzene rings is 2. The van der Waals surface area contributed by atoms with Crippen LogP contribution < -0.4 is 10.6 Å². The molecule has 2 N–H and O–H groups in total. The number of anilines is 2. The first kappa shape index (κ1) is 14.1. The number of carbonyl (C=O) groups is 1. The highest BCUT2D eigenvalue weighted by Gasteiger charge is 2.04. The van der Waals surface area contributed by atoms with Gasteiger partial charge in [0.05, 0.1) is 5.69 Å². The number of amides is 1. The largest absolute Gasteiger partial charge is 0.385 e. The maximum Gasteiger partial charge on any atom is 0.221 e. The molecule has 0 unspecified atom stereocenters. The number of nitrogens with one attached hydrogen (secondary N) is 2. The summed E-state index contributed by atoms with van der Waals surface area (Å²) in [4.78, 5) is 11.0. The molecule has 3 nitrogen and oxygen atoms in total. The molecule has 0 bridgehead atoms. The van der Waals surface area contributed by atoms with Crippen molar-refractivity contribution in [2.24, 2.45) is 0 Å². The van der Waals surface area contributed by atoms with Crippen LogP contribution in [0, 0.1) is 5.82 Å². The van der Waals surface area contributed by atoms with E-state index in [9.17, 15) is 9.18 Å². The summed E-state index contributed by atoms with van der Waals surface area (Å²) in [7, 11) is 0. The fourth-order valence-corrected chi connectivity index (χ4v) is 1.92. The first-order valence-electron chi connectivity index (χ1n) is 6.50. The van der Waals surface area contributed by atoms with Crippen LogP contribution in [-0.2, 0) is 11.2 Å². The topological polar surface area (TPSA) is 41.1 Å². The zero-order valence-corrected chi connectivity index (χ0v) is 11.3. The van der Waals surface area contributed by atoms with Crippen LogP contribution in [0.1, 0.15) is 12.5 Å². The molecule has 0 aliphatic heterocycles. The van der Waals surface area contributed by atoms with Gasteiger partial charge in [0.25, 0.3) is 0 Å². The molecule has 2 aromatic rings. The van der Waals surface area contributed by atoms with Crippen LogP contribution in [0.2, 0.25) is 0 Å². The molecule has 0 aliphatic carbocycles. The predicted molar refractivity (Wildman–Crippen MR) is 79.3 cm³/mol. The van der Waals surface area contributed by atoms with E-state index in [1.165, 1.54) is 18.6 Å². The van der Waals surface area contributed by atoms with Crippen molar-refractivity contribution >= 4 is 17.3 Å². The van der Waals surface area contributed by atoms with Crippen LogP contribution in [0.3, 0.4) is 0 Å². The Kier molecular flexibility index (Phi) is 4.71. The molecule has 1 amide bonds. The van der Waals surface area contributed by atoms with Crippen molar-refractivity contribution in [2.75, 3.05) is 17.2 Å². The van der Waals surface area contributed by atoms with Gasteiger partial charge in [0, 0.05) is 19.2 Å². The number of carbonyl (C=O) groups excluding carboxylic acids is 1. The minimum absolute atomic E-state index is 0.196. The Morgan fingerprint density at radius 1 is 1.15 bits per heavy atom. The third-order valence-electron chi connectivity index (χ3n) is 2.86. The molecule has 0 aliphatic rings. The minimum atomic E-state index is -0.436. The zero-order valence-electron chi connectivity index (χ0n) is 11.3. The minimum Gasteiger partial charge on any atom is -0.385 e. The Bertz CT molecular complexity index is 584. The van der Waals surface area contributed by atoms with Crippen LogP contribution in [0.4, 0.5) is 15.8 Å². The van der Waals surface area contributed by atoms with Gasteiger partial charge in [-0.2, -0.15) is 0 Å². The molecular formula is C16H17FN2O. The molecule has 0 spiro atoms. The van der Waals surface area contributed by atoms with Crippen molar-refractivity contribution in [3.8, 4) is 0 Å². The van der Waals surface area contributed by atoms with Gasteiger partial charge in [-0.15, -0.1) is 0 Å². The van der Waals surface area contributed by atoms with Crippen molar-refractivity contribution in [3.05, 3.63) is 59.9 Å². The fraction of sp³-hybridized carbons (Fsp3) is 0.188. The van der Waals surface area contributed by atoms with Crippen LogP contribution in [0.5, 0.6) is 0 Å². The zero-order chi connectivity index (χ0) is 14.4. The smallest absolute Gasteiger partial charge is 0.221 e. The third-order valence-corrected chi connectivity index (χ3v) is 2.86. The second kappa shape index (κ2) is 6.70. The number of halogens is 1. The van der Waals surface area contributed by atoms with Gasteiger partial charge in [-0.3, -0.25) is 4.79 Å². The Morgan fingerprint density at radius 3 is 2.60 bits per heavy atom. The summed E-state index contributed by atoms with van der Waals surface area (Å²) in [5, 5.41) is 5.68. The normalized spacial score (nSPS) is 10.1. The van der Waals surface area contributed by atoms with Gasteiger partial charge in [-0.1, -0.05) is 30.3 Å². The van der Waals surface area contributed by atoms with Crippen molar-refractivity contribution in [3.63, 3.8) is 0 Å². The van der Waals surface area contributed by atoms with E-state index in [1.807, 2.05) is 18.2 Å². The van der Waals surface area contributed by atoms with E-state index in [0.717, 1.165) is 18.7 Å². The van der Waals surface area contributed by atoms with Gasteiger partial charge >= 0.3 is 0 Å². The van der Waals surface area contributed by atoms with Crippen molar-refractivity contribution in [1.29, 1.82) is 0 Å². The summed E-state index contributed by atoms with van der Waals surface area (Å²) >= 11 is 0. The lowest BCUT2D eigenvalue weighted by Gasteiger charge is -2.09. The summed E-state index contributed by atoms with van der Waals surface area (Å²) in [5.74, 6) is -0.723. The van der Waals surface area contributed by atoms with Crippen molar-refractivity contribution in [1.82, 2.24) is 0 Å². The van der Waals surface area contributed by atoms with E-state index >= 15 is 0 Å². The molecule has 0 heterocycles. The molecule has 0 atom stereocenters. The Morgan fingerprint density at radius 2 is 1.90 bits per heavy atom. The van der Waals surface area contributed by atoms with Gasteiger partial charge in [0.15, 0.2) is 0 Å². The average molecular weight is 272 g/mol. The third kappa shape index (κ3) is 4.09. The molecule has 0 saturated heterocycles. The highest BCUT2D eigenvalue weighted by Crippen LogP contribution is 2.19. The van der Waals surface area contributed by atoms with Gasteiger partial charge in [0.2, 0.25) is 5.91 Å². The molecule has 2 aromatic carbocycles. The fourth-order valence-electron chi connectivity index (χ4n) is 1.92. The van der Waals surface area contributed by atoms with Crippen molar-refractivity contribution in [2.45, 2.75) is 13.3 Å². The van der Waals surface area contributed by atoms with E-state index < -0.39 is 5.82 Å². The highest BCUT2D eigenvalue weighted by molar-refractivity contribution is 5.89. The van der Waals surface area contributed by atoms with Crippen LogP contribution >= 0.6 is 0 Å². The highest BCUT2D eigenvalue weighted by atomic mass is 19.1. The molecule has 0 aromatic heterocycles. The van der Waals surface area contributed by atoms with E-state index in [1.54, 1.807) is 12.1 Å². The predicted octanol–water partition coefficient (Wildman–Crippen LogP) is 3.44. The van der Waals surface area contributed by atoms with Gasteiger partial charge < -0.3 is 10.6 Å². The SMILES string of the molecule is CC(=O)Nc1cc(NCCc2ccccc2)ccc1F. The van der Waals surface area contributed by atoms with Crippen LogP contribution in [0.25, 0.3) is 0 Å². The molecule has 4 heteroatoms. The first-order chi connectivity index (χ1) is 9.65. The summed E-state index contributed by atoms with van der Waals surface area (Å²) in [6.45, 7) is 2.10. The Labute approximate surface area is 117 Å². The lowest BCUT2D eigenvalue weighted by Crippen LogP contribution is -2.09. The summed E-state index contributed by atoms with van der Waals surface area (Å²) < 4.78 is 13.5. The molecule has 104 valence electrons. The van der Waals surface area contributed by atoms with Crippen LogP contribution in [0.15, 0.2) is 48.5 Å². The monoisotopic (exact) mass is 272 g/mol. The van der Waals surface area contributed by atoms with E-state index in [-0.39, 0.29) is 11.6 Å². The first-order valence-corrected chi connectivity index (χ1v) is 6.50. The molecule has 0 saturated carbocycles. The maximum absolute atomic E-state index is 13.5. The number of hydrogen-bond acceptors (Lipinski definition) is 2. The summed E-state index contributed by atoms with van der Waals surface area (Å²) in [5.41, 5.74) is 2.22. The molecule has 2 rings (SSSR count). The van der Waals surface area contributed by atoms with Crippen molar-refractivity contribution < 1.29 is 9.18 Å². The maximum atomic E-state index is 13.5. The summed E-state index contributed by atoms with van der Waals surface area (Å²) in [6, 6.07) is 14.7. The molecule has 0 fully saturated rings. The number of rotatable bonds is 5. The van der Waals surface area contributed by atoms with Gasteiger partial charge in [-0.25, -0.2) is 4.39 Å². The molecule has 20 heavy (non-hydrogen) atoms. The van der Waals surface area contributed by atoms with E-state index in [0.29, 0.717) is 0 Å². The van der Waals surface area contributed by atoms with E-state index in [4.69, 9.17) is 0 Å². The Balaban J connectivity index is 1.94. The second-order valence-electron chi connectivity index (χ2n) is 4.54. The lowest BCUT2D eigenvalue weighted by atomic mass is 10.1. The second-order valence-corrected chi connectivity index (χ2v) is 4.54. The van der Waals surface area contributed by atoms with Crippen LogP contribution in [-0.4, -0.2) is 12.5 Å². The quantitative estimate of drug-likeness (QED) is 0.875. The van der Waals surface area contributed by atoms with Gasteiger partial charge in [-0.05, 0) is 30.2 Å². The number of hydrogen-bond donors (Lipinski definition) is 2. The lowest BCUT2D eigenvalue weighted by molar-refractivity contribution is -0.114. The van der Waals surface area contributed by atoms with Gasteiger partial charge in [0.1, 0.15) is 5.82 Å². The molecular weight excluding hydrogens is 255 g/mol. The average Bonchev–Trinajstić information content (AvgIpc) is 2.43. The standard InChI is InChI=1S/C16H17FN2O/c1-12(20)19-16-11-14(7-8-15(16)17)18-10-9-13-5-3-2-4-6-13/h2-8,11,18H,9-10H2,1H3,(H,19,20). The Hall–Kier alpha value is -2.36. The molecule has 0 radical (unpaired) electrons. The van der Waals surface area contributed by atoms with E-state index in [2.05, 4.69) is 22.8 Å².